The minimum absolute atomic E-state index is 0.331. The van der Waals surface area contributed by atoms with Crippen molar-refractivity contribution in [2.45, 2.75) is 32.1 Å². The lowest BCUT2D eigenvalue weighted by Crippen LogP contribution is -1.99. The van der Waals surface area contributed by atoms with Gasteiger partial charge in [-0.1, -0.05) is 12.8 Å². The summed E-state index contributed by atoms with van der Waals surface area (Å²) in [6, 6.07) is 0. The molecule has 0 aromatic rings. The van der Waals surface area contributed by atoms with Crippen molar-refractivity contribution in [3.8, 4) is 0 Å². The highest BCUT2D eigenvalue weighted by molar-refractivity contribution is 5.50. The largest absolute Gasteiger partial charge is 0.393 e. The molecule has 3 nitrogen and oxygen atoms in total. The maximum Gasteiger partial charge on any atom is 0.145 e. The Labute approximate surface area is 67.4 Å². The summed E-state index contributed by atoms with van der Waals surface area (Å²) in [5, 5.41) is 0. The first-order valence-electron chi connectivity index (χ1n) is 4.00. The average Bonchev–Trinajstić information content (AvgIpc) is 2.04. The number of nitrogens with two attached hydrogens (primary N) is 2. The van der Waals surface area contributed by atoms with E-state index in [1.807, 2.05) is 0 Å². The quantitative estimate of drug-likeness (QED) is 0.436. The van der Waals surface area contributed by atoms with Crippen molar-refractivity contribution >= 4 is 5.94 Å². The van der Waals surface area contributed by atoms with E-state index < -0.39 is 0 Å². The fourth-order valence-electron chi connectivity index (χ4n) is 0.864. The second kappa shape index (κ2) is 7.32. The normalized spacial score (nSPS) is 9.18. The van der Waals surface area contributed by atoms with Crippen LogP contribution in [0.1, 0.15) is 32.1 Å². The van der Waals surface area contributed by atoms with Crippen LogP contribution in [0.25, 0.3) is 0 Å². The number of rotatable bonds is 6. The predicted octanol–water partition coefficient (Wildman–Crippen LogP) is 0.570. The van der Waals surface area contributed by atoms with Crippen LogP contribution in [-0.2, 0) is 4.79 Å². The Kier molecular flexibility index (Phi) is 6.79. The lowest BCUT2D eigenvalue weighted by Gasteiger charge is -1.97. The van der Waals surface area contributed by atoms with Crippen molar-refractivity contribution < 1.29 is 4.79 Å². The van der Waals surface area contributed by atoms with Crippen molar-refractivity contribution in [2.24, 2.45) is 11.5 Å². The van der Waals surface area contributed by atoms with Gasteiger partial charge in [-0.3, -0.25) is 0 Å². The highest BCUT2D eigenvalue weighted by atomic mass is 16.1. The molecule has 64 valence electrons. The summed E-state index contributed by atoms with van der Waals surface area (Å²) < 4.78 is 0. The van der Waals surface area contributed by atoms with Crippen molar-refractivity contribution in [2.75, 3.05) is 6.54 Å². The molecule has 0 aliphatic heterocycles. The minimum atomic E-state index is 0.331. The van der Waals surface area contributed by atoms with Crippen molar-refractivity contribution in [3.05, 3.63) is 5.70 Å². The van der Waals surface area contributed by atoms with Crippen LogP contribution in [0.15, 0.2) is 5.70 Å². The molecule has 0 heterocycles. The number of allylic oxidation sites excluding steroid dienone is 1. The second-order valence-electron chi connectivity index (χ2n) is 2.58. The van der Waals surface area contributed by atoms with Crippen molar-refractivity contribution in [3.63, 3.8) is 0 Å². The molecule has 0 aliphatic rings. The lowest BCUT2D eigenvalue weighted by atomic mass is 10.1. The van der Waals surface area contributed by atoms with Crippen LogP contribution in [0.2, 0.25) is 0 Å². The summed E-state index contributed by atoms with van der Waals surface area (Å²) in [5.74, 6) is 1.68. The Morgan fingerprint density at radius 2 is 1.82 bits per heavy atom. The lowest BCUT2D eigenvalue weighted by molar-refractivity contribution is 0.564. The SMILES string of the molecule is NCCCCCCC(N)=C=O. The second-order valence-corrected chi connectivity index (χ2v) is 2.58. The summed E-state index contributed by atoms with van der Waals surface area (Å²) in [6.07, 6.45) is 4.93. The molecule has 0 saturated heterocycles. The van der Waals surface area contributed by atoms with Gasteiger partial charge < -0.3 is 11.5 Å². The zero-order chi connectivity index (χ0) is 8.53. The van der Waals surface area contributed by atoms with Gasteiger partial charge in [0.15, 0.2) is 0 Å². The van der Waals surface area contributed by atoms with Gasteiger partial charge in [-0.15, -0.1) is 0 Å². The molecule has 0 bridgehead atoms. The van der Waals surface area contributed by atoms with Gasteiger partial charge in [0.1, 0.15) is 5.94 Å². The Hall–Kier alpha value is -0.790. The molecule has 0 spiro atoms. The highest BCUT2D eigenvalue weighted by Gasteiger charge is 1.91. The first-order chi connectivity index (χ1) is 5.31. The van der Waals surface area contributed by atoms with Crippen LogP contribution in [0.5, 0.6) is 0 Å². The number of hydrogen-bond acceptors (Lipinski definition) is 3. The predicted molar refractivity (Wildman–Crippen MR) is 45.5 cm³/mol. The zero-order valence-electron chi connectivity index (χ0n) is 6.81. The van der Waals surface area contributed by atoms with Crippen LogP contribution in [0, 0.1) is 0 Å². The van der Waals surface area contributed by atoms with E-state index >= 15 is 0 Å². The van der Waals surface area contributed by atoms with Crippen molar-refractivity contribution in [1.29, 1.82) is 0 Å². The topological polar surface area (TPSA) is 69.1 Å². The molecule has 0 unspecified atom stereocenters. The fourth-order valence-corrected chi connectivity index (χ4v) is 0.864. The third kappa shape index (κ3) is 7.10. The van der Waals surface area contributed by atoms with E-state index in [4.69, 9.17) is 11.5 Å². The molecule has 0 aromatic heterocycles. The first kappa shape index (κ1) is 10.2. The molecular formula is C8H16N2O. The van der Waals surface area contributed by atoms with E-state index in [0.717, 1.165) is 32.2 Å². The third-order valence-electron chi connectivity index (χ3n) is 1.53. The average molecular weight is 156 g/mol. The fraction of sp³-hybridized carbons (Fsp3) is 0.750. The van der Waals surface area contributed by atoms with E-state index in [0.29, 0.717) is 12.1 Å². The van der Waals surface area contributed by atoms with Gasteiger partial charge in [-0.25, -0.2) is 4.79 Å². The monoisotopic (exact) mass is 156 g/mol. The number of hydrogen-bond donors (Lipinski definition) is 2. The summed E-state index contributed by atoms with van der Waals surface area (Å²) in [6.45, 7) is 0.749. The summed E-state index contributed by atoms with van der Waals surface area (Å²) >= 11 is 0. The molecule has 0 saturated carbocycles. The Morgan fingerprint density at radius 1 is 1.18 bits per heavy atom. The molecule has 11 heavy (non-hydrogen) atoms. The van der Waals surface area contributed by atoms with Crippen LogP contribution >= 0.6 is 0 Å². The maximum absolute atomic E-state index is 9.92. The molecule has 4 N–H and O–H groups in total. The molecule has 0 aliphatic carbocycles. The van der Waals surface area contributed by atoms with Crippen LogP contribution in [-0.4, -0.2) is 12.5 Å². The van der Waals surface area contributed by atoms with E-state index in [1.165, 1.54) is 0 Å². The van der Waals surface area contributed by atoms with Crippen LogP contribution < -0.4 is 11.5 Å². The van der Waals surface area contributed by atoms with E-state index in [9.17, 15) is 4.79 Å². The number of unbranched alkanes of at least 4 members (excludes halogenated alkanes) is 3. The Bertz CT molecular complexity index is 139. The minimum Gasteiger partial charge on any atom is -0.393 e. The maximum atomic E-state index is 9.92. The molecule has 0 fully saturated rings. The summed E-state index contributed by atoms with van der Waals surface area (Å²) in [7, 11) is 0. The molecular weight excluding hydrogens is 140 g/mol. The Balaban J connectivity index is 3.08. The van der Waals surface area contributed by atoms with Gasteiger partial charge >= 0.3 is 0 Å². The van der Waals surface area contributed by atoms with Crippen LogP contribution in [0.4, 0.5) is 0 Å². The molecule has 0 rings (SSSR count). The van der Waals surface area contributed by atoms with E-state index in [1.54, 1.807) is 5.94 Å². The van der Waals surface area contributed by atoms with Gasteiger partial charge in [0, 0.05) is 0 Å². The van der Waals surface area contributed by atoms with Gasteiger partial charge in [-0.05, 0) is 25.8 Å². The molecule has 0 amide bonds. The molecule has 0 atom stereocenters. The summed E-state index contributed by atoms with van der Waals surface area (Å²) in [4.78, 5) is 9.92. The van der Waals surface area contributed by atoms with Gasteiger partial charge in [0.05, 0.1) is 5.70 Å². The third-order valence-corrected chi connectivity index (χ3v) is 1.53. The standard InChI is InChI=1S/C8H16N2O/c9-6-4-2-1-3-5-8(10)7-11/h1-6,9-10H2. The highest BCUT2D eigenvalue weighted by Crippen LogP contribution is 2.03. The van der Waals surface area contributed by atoms with E-state index in [-0.39, 0.29) is 0 Å². The van der Waals surface area contributed by atoms with Gasteiger partial charge in [-0.2, -0.15) is 0 Å². The molecule has 0 aromatic carbocycles. The summed E-state index contributed by atoms with van der Waals surface area (Å²) in [5.41, 5.74) is 10.9. The number of carbonyl (C=O) groups excluding carboxylic acids is 1. The van der Waals surface area contributed by atoms with Gasteiger partial charge in [0.25, 0.3) is 0 Å². The Morgan fingerprint density at radius 3 is 2.36 bits per heavy atom. The smallest absolute Gasteiger partial charge is 0.145 e. The molecule has 3 heteroatoms. The zero-order valence-corrected chi connectivity index (χ0v) is 6.81. The first-order valence-corrected chi connectivity index (χ1v) is 4.00. The van der Waals surface area contributed by atoms with Crippen molar-refractivity contribution in [1.82, 2.24) is 0 Å². The van der Waals surface area contributed by atoms with E-state index in [2.05, 4.69) is 0 Å². The van der Waals surface area contributed by atoms with Crippen LogP contribution in [0.3, 0.4) is 0 Å². The molecule has 0 radical (unpaired) electrons. The van der Waals surface area contributed by atoms with Gasteiger partial charge in [0.2, 0.25) is 0 Å².